The number of benzene rings is 1. The molecule has 1 aromatic carbocycles. The third-order valence-corrected chi connectivity index (χ3v) is 5.87. The maximum absolute atomic E-state index is 11.3. The number of nitrogens with one attached hydrogen (secondary N) is 1. The Balaban J connectivity index is 0. The quantitative estimate of drug-likeness (QED) is 0.281. The normalized spacial score (nSPS) is 12.9. The van der Waals surface area contributed by atoms with Crippen molar-refractivity contribution in [3.8, 4) is 0 Å². The maximum atomic E-state index is 11.3. The number of rotatable bonds is 3. The summed E-state index contributed by atoms with van der Waals surface area (Å²) >= 11 is 6.51. The van der Waals surface area contributed by atoms with Crippen molar-refractivity contribution in [2.45, 2.75) is 120 Å². The fraction of sp³-hybridized carbons (Fsp3) is 0.704. The first-order valence-corrected chi connectivity index (χ1v) is 15.2. The van der Waals surface area contributed by atoms with E-state index in [1.54, 1.807) is 26.0 Å². The summed E-state index contributed by atoms with van der Waals surface area (Å²) in [5.74, 6) is -0.213. The molecule has 0 aliphatic rings. The molecule has 0 saturated heterocycles. The average molecular weight is 658 g/mol. The molecular weight excluding hydrogens is 610 g/mol. The monoisotopic (exact) mass is 655 g/mol. The van der Waals surface area contributed by atoms with Crippen LogP contribution in [0.25, 0.3) is 0 Å². The molecule has 210 valence electrons. The number of hydrogen-bond donors (Lipinski definition) is 1. The molecule has 6 nitrogen and oxygen atoms in total. The molecule has 0 heterocycles. The third-order valence-electron chi connectivity index (χ3n) is 4.06. The summed E-state index contributed by atoms with van der Waals surface area (Å²) in [6, 6.07) is 7.07. The van der Waals surface area contributed by atoms with Gasteiger partial charge in [0.1, 0.15) is 9.93 Å². The maximum Gasteiger partial charge on any atom is 0.322 e. The highest BCUT2D eigenvalue weighted by Gasteiger charge is 2.29. The Morgan fingerprint density at radius 2 is 1.14 bits per heavy atom. The lowest BCUT2D eigenvalue weighted by Crippen LogP contribution is -2.47. The average Bonchev–Trinajstić information content (AvgIpc) is 2.57. The van der Waals surface area contributed by atoms with Gasteiger partial charge in [-0.3, -0.25) is 9.59 Å². The van der Waals surface area contributed by atoms with Crippen LogP contribution in [-0.2, 0) is 29.6 Å². The minimum Gasteiger partial charge on any atom is -0.459 e. The largest absolute Gasteiger partial charge is 0.459 e. The van der Waals surface area contributed by atoms with Crippen LogP contribution in [0.1, 0.15) is 95.6 Å². The molecule has 0 aromatic heterocycles. The predicted molar refractivity (Wildman–Crippen MR) is 158 cm³/mol. The molecule has 0 bridgehead atoms. The highest BCUT2D eigenvalue weighted by molar-refractivity contribution is 9.10. The van der Waals surface area contributed by atoms with Gasteiger partial charge in [-0.15, -0.1) is 0 Å². The molecule has 0 radical (unpaired) electrons. The number of esters is 1. The SMILES string of the molecule is CC(C)(C)NC(=O)C(C)(C)Br.CC(C)(C)OC(=O)C(C)(C)Br.CC(C)(C)c1ccc(S(C)(=O)=O)cc1. The second-order valence-electron chi connectivity index (χ2n) is 12.7. The van der Waals surface area contributed by atoms with Crippen molar-refractivity contribution in [1.29, 1.82) is 0 Å². The molecule has 0 aliphatic carbocycles. The standard InChI is InChI=1S/C11H16O2S.C8H16BrNO.C8H15BrO2/c1-11(2,3)9-5-7-10(8-6-9)14(4,12)13;1-7(2,3)10-6(11)8(4,5)9;1-7(2,3)11-6(10)8(4,5)9/h5-8H,1-4H3;1-5H3,(H,10,11);1-5H3. The van der Waals surface area contributed by atoms with E-state index in [1.807, 2.05) is 67.5 Å². The predicted octanol–water partition coefficient (Wildman–Crippen LogP) is 6.96. The first-order valence-electron chi connectivity index (χ1n) is 11.7. The molecule has 0 fully saturated rings. The summed E-state index contributed by atoms with van der Waals surface area (Å²) < 4.78 is 26.4. The van der Waals surface area contributed by atoms with Crippen LogP contribution in [0.15, 0.2) is 29.2 Å². The van der Waals surface area contributed by atoms with Gasteiger partial charge in [-0.1, -0.05) is 64.8 Å². The Morgan fingerprint density at radius 3 is 1.31 bits per heavy atom. The first-order chi connectivity index (χ1) is 15.5. The number of ether oxygens (including phenoxy) is 1. The summed E-state index contributed by atoms with van der Waals surface area (Å²) in [5.41, 5.74) is 0.658. The van der Waals surface area contributed by atoms with Crippen LogP contribution < -0.4 is 5.32 Å². The van der Waals surface area contributed by atoms with E-state index in [1.165, 1.54) is 6.26 Å². The minimum absolute atomic E-state index is 0.0185. The lowest BCUT2D eigenvalue weighted by atomic mass is 9.87. The molecule has 0 atom stereocenters. The topological polar surface area (TPSA) is 89.5 Å². The van der Waals surface area contributed by atoms with E-state index in [0.29, 0.717) is 4.90 Å². The van der Waals surface area contributed by atoms with Crippen molar-refractivity contribution in [1.82, 2.24) is 5.32 Å². The molecule has 0 spiro atoms. The van der Waals surface area contributed by atoms with Crippen LogP contribution in [0.4, 0.5) is 0 Å². The lowest BCUT2D eigenvalue weighted by molar-refractivity contribution is -0.156. The van der Waals surface area contributed by atoms with Gasteiger partial charge in [0.15, 0.2) is 9.84 Å². The van der Waals surface area contributed by atoms with Crippen LogP contribution in [0, 0.1) is 0 Å². The Morgan fingerprint density at radius 1 is 0.750 bits per heavy atom. The zero-order valence-electron chi connectivity index (χ0n) is 24.5. The number of halogens is 2. The van der Waals surface area contributed by atoms with Crippen LogP contribution >= 0.6 is 31.9 Å². The third kappa shape index (κ3) is 18.3. The zero-order valence-corrected chi connectivity index (χ0v) is 28.5. The van der Waals surface area contributed by atoms with Crippen molar-refractivity contribution < 1.29 is 22.7 Å². The molecule has 0 aliphatic heterocycles. The molecule has 9 heteroatoms. The van der Waals surface area contributed by atoms with Crippen molar-refractivity contribution in [2.24, 2.45) is 0 Å². The van der Waals surface area contributed by atoms with Gasteiger partial charge in [0, 0.05) is 11.8 Å². The highest BCUT2D eigenvalue weighted by atomic mass is 79.9. The van der Waals surface area contributed by atoms with Crippen LogP contribution in [0.3, 0.4) is 0 Å². The molecule has 1 aromatic rings. The number of carbonyl (C=O) groups is 2. The second kappa shape index (κ2) is 13.2. The summed E-state index contributed by atoms with van der Waals surface area (Å²) in [4.78, 5) is 22.9. The smallest absolute Gasteiger partial charge is 0.322 e. The van der Waals surface area contributed by atoms with Crippen LogP contribution in [-0.4, -0.2) is 46.3 Å². The van der Waals surface area contributed by atoms with E-state index < -0.39 is 24.1 Å². The molecule has 0 saturated carbocycles. The molecule has 1 amide bonds. The van der Waals surface area contributed by atoms with E-state index in [0.717, 1.165) is 5.56 Å². The van der Waals surface area contributed by atoms with Gasteiger partial charge in [-0.2, -0.15) is 0 Å². The Labute approximate surface area is 236 Å². The van der Waals surface area contributed by atoms with E-state index in [4.69, 9.17) is 4.74 Å². The summed E-state index contributed by atoms with van der Waals surface area (Å²) in [7, 11) is -3.07. The van der Waals surface area contributed by atoms with Gasteiger partial charge < -0.3 is 10.1 Å². The van der Waals surface area contributed by atoms with E-state index in [-0.39, 0.29) is 22.8 Å². The first kappa shape index (κ1) is 37.2. The molecular formula is C27H47Br2NO5S. The number of carbonyl (C=O) groups excluding carboxylic acids is 2. The fourth-order valence-corrected chi connectivity index (χ4v) is 2.90. The molecule has 1 rings (SSSR count). The lowest BCUT2D eigenvalue weighted by Gasteiger charge is -2.25. The summed E-state index contributed by atoms with van der Waals surface area (Å²) in [6.45, 7) is 24.9. The number of alkyl halides is 2. The van der Waals surface area contributed by atoms with Gasteiger partial charge in [0.25, 0.3) is 0 Å². The zero-order chi connectivity index (χ0) is 29.6. The van der Waals surface area contributed by atoms with Crippen molar-refractivity contribution in [3.05, 3.63) is 29.8 Å². The van der Waals surface area contributed by atoms with Crippen molar-refractivity contribution >= 4 is 53.6 Å². The minimum atomic E-state index is -3.07. The molecule has 1 N–H and O–H groups in total. The molecule has 0 unspecified atom stereocenters. The van der Waals surface area contributed by atoms with Gasteiger partial charge >= 0.3 is 5.97 Å². The number of hydrogen-bond acceptors (Lipinski definition) is 5. The van der Waals surface area contributed by atoms with Gasteiger partial charge in [0.05, 0.1) is 9.22 Å². The van der Waals surface area contributed by atoms with E-state index in [2.05, 4.69) is 57.9 Å². The van der Waals surface area contributed by atoms with Gasteiger partial charge in [-0.05, 0) is 92.3 Å². The van der Waals surface area contributed by atoms with Crippen LogP contribution in [0.2, 0.25) is 0 Å². The Bertz CT molecular complexity index is 914. The second-order valence-corrected chi connectivity index (χ2v) is 18.7. The number of amides is 1. The van der Waals surface area contributed by atoms with Gasteiger partial charge in [0.2, 0.25) is 5.91 Å². The van der Waals surface area contributed by atoms with Crippen molar-refractivity contribution in [2.75, 3.05) is 6.26 Å². The summed E-state index contributed by atoms with van der Waals surface area (Å²) in [5, 5.41) is 2.87. The van der Waals surface area contributed by atoms with E-state index >= 15 is 0 Å². The molecule has 36 heavy (non-hydrogen) atoms. The Hall–Kier alpha value is -0.930. The fourth-order valence-electron chi connectivity index (χ4n) is 2.09. The summed E-state index contributed by atoms with van der Waals surface area (Å²) in [6.07, 6.45) is 1.22. The van der Waals surface area contributed by atoms with E-state index in [9.17, 15) is 18.0 Å². The van der Waals surface area contributed by atoms with Gasteiger partial charge in [-0.25, -0.2) is 8.42 Å². The van der Waals surface area contributed by atoms with Crippen molar-refractivity contribution in [3.63, 3.8) is 0 Å². The highest BCUT2D eigenvalue weighted by Crippen LogP contribution is 2.23. The van der Waals surface area contributed by atoms with Crippen LogP contribution in [0.5, 0.6) is 0 Å². The number of sulfone groups is 1. The Kier molecular flexibility index (Phi) is 13.7.